The lowest BCUT2D eigenvalue weighted by Crippen LogP contribution is -2.52. The van der Waals surface area contributed by atoms with Gasteiger partial charge in [-0.1, -0.05) is 30.3 Å². The Morgan fingerprint density at radius 2 is 2.21 bits per heavy atom. The van der Waals surface area contributed by atoms with Crippen LogP contribution in [0.25, 0.3) is 0 Å². The molecule has 2 rings (SSSR count). The molecule has 1 aliphatic heterocycles. The second-order valence-corrected chi connectivity index (χ2v) is 5.02. The van der Waals surface area contributed by atoms with Crippen LogP contribution in [0, 0.1) is 0 Å². The molecule has 1 heterocycles. The number of urea groups is 1. The first-order valence-corrected chi connectivity index (χ1v) is 6.47. The van der Waals surface area contributed by atoms with Crippen molar-refractivity contribution in [3.8, 4) is 0 Å². The Hall–Kier alpha value is -1.59. The zero-order chi connectivity index (χ0) is 13.7. The molecule has 5 nitrogen and oxygen atoms in total. The van der Waals surface area contributed by atoms with Crippen molar-refractivity contribution in [2.45, 2.75) is 24.9 Å². The lowest BCUT2D eigenvalue weighted by molar-refractivity contribution is 0.166. The summed E-state index contributed by atoms with van der Waals surface area (Å²) in [6.45, 7) is 2.87. The normalized spacial score (nSPS) is 21.7. The predicted molar refractivity (Wildman–Crippen MR) is 71.8 cm³/mol. The van der Waals surface area contributed by atoms with Crippen LogP contribution in [-0.2, 0) is 10.3 Å². The third-order valence-electron chi connectivity index (χ3n) is 3.38. The van der Waals surface area contributed by atoms with Crippen LogP contribution < -0.4 is 10.6 Å². The van der Waals surface area contributed by atoms with Crippen molar-refractivity contribution < 1.29 is 14.6 Å². The molecule has 0 bridgehead atoms. The number of hydrogen-bond donors (Lipinski definition) is 3. The maximum Gasteiger partial charge on any atom is 0.315 e. The van der Waals surface area contributed by atoms with E-state index in [1.807, 2.05) is 30.3 Å². The summed E-state index contributed by atoms with van der Waals surface area (Å²) in [5.74, 6) is 0. The van der Waals surface area contributed by atoms with Crippen LogP contribution >= 0.6 is 0 Å². The summed E-state index contributed by atoms with van der Waals surface area (Å²) in [6.07, 6.45) is 0.828. The molecule has 0 aliphatic carbocycles. The van der Waals surface area contributed by atoms with Crippen LogP contribution in [0.4, 0.5) is 4.79 Å². The predicted octanol–water partition coefficient (Wildman–Crippen LogP) is 0.982. The van der Waals surface area contributed by atoms with Gasteiger partial charge in [0.15, 0.2) is 0 Å². The first-order chi connectivity index (χ1) is 9.14. The molecule has 1 aromatic carbocycles. The summed E-state index contributed by atoms with van der Waals surface area (Å²) in [4.78, 5) is 12.0. The average Bonchev–Trinajstić information content (AvgIpc) is 2.92. The number of aliphatic hydroxyl groups is 1. The zero-order valence-electron chi connectivity index (χ0n) is 11.1. The molecule has 19 heavy (non-hydrogen) atoms. The topological polar surface area (TPSA) is 70.6 Å². The first-order valence-electron chi connectivity index (χ1n) is 6.47. The van der Waals surface area contributed by atoms with E-state index in [9.17, 15) is 9.90 Å². The van der Waals surface area contributed by atoms with Crippen molar-refractivity contribution >= 4 is 6.03 Å². The number of carbonyl (C=O) groups excluding carboxylic acids is 1. The van der Waals surface area contributed by atoms with Gasteiger partial charge in [0, 0.05) is 6.61 Å². The van der Waals surface area contributed by atoms with Crippen LogP contribution in [0.1, 0.15) is 18.9 Å². The van der Waals surface area contributed by atoms with Gasteiger partial charge in [0.2, 0.25) is 0 Å². The number of ether oxygens (including phenoxy) is 1. The molecule has 2 unspecified atom stereocenters. The molecule has 104 valence electrons. The highest BCUT2D eigenvalue weighted by Gasteiger charge is 2.29. The van der Waals surface area contributed by atoms with Gasteiger partial charge >= 0.3 is 6.03 Å². The van der Waals surface area contributed by atoms with E-state index in [1.165, 1.54) is 0 Å². The summed E-state index contributed by atoms with van der Waals surface area (Å²) >= 11 is 0. The highest BCUT2D eigenvalue weighted by atomic mass is 16.5. The average molecular weight is 264 g/mol. The molecular weight excluding hydrogens is 244 g/mol. The fourth-order valence-corrected chi connectivity index (χ4v) is 2.13. The second-order valence-electron chi connectivity index (χ2n) is 5.02. The summed E-state index contributed by atoms with van der Waals surface area (Å²) in [5.41, 5.74) is 0.0838. The van der Waals surface area contributed by atoms with Gasteiger partial charge in [-0.25, -0.2) is 4.79 Å². The number of benzene rings is 1. The Labute approximate surface area is 113 Å². The fraction of sp³-hybridized carbons (Fsp3) is 0.500. The minimum atomic E-state index is -0.787. The van der Waals surface area contributed by atoms with E-state index in [2.05, 4.69) is 10.6 Å². The smallest absolute Gasteiger partial charge is 0.315 e. The highest BCUT2D eigenvalue weighted by molar-refractivity contribution is 5.75. The Morgan fingerprint density at radius 1 is 1.47 bits per heavy atom. The van der Waals surface area contributed by atoms with Crippen molar-refractivity contribution in [3.05, 3.63) is 35.9 Å². The lowest BCUT2D eigenvalue weighted by Gasteiger charge is -2.30. The first kappa shape index (κ1) is 13.8. The van der Waals surface area contributed by atoms with Crippen LogP contribution in [-0.4, -0.2) is 37.0 Å². The molecule has 1 saturated heterocycles. The van der Waals surface area contributed by atoms with Gasteiger partial charge in [0.05, 0.1) is 24.8 Å². The molecule has 0 radical (unpaired) electrons. The Kier molecular flexibility index (Phi) is 4.39. The van der Waals surface area contributed by atoms with Gasteiger partial charge in [-0.2, -0.15) is 0 Å². The lowest BCUT2D eigenvalue weighted by atomic mass is 9.93. The number of aliphatic hydroxyl groups excluding tert-OH is 1. The molecule has 1 fully saturated rings. The quantitative estimate of drug-likeness (QED) is 0.759. The number of carbonyl (C=O) groups is 1. The molecule has 0 saturated carbocycles. The van der Waals surface area contributed by atoms with E-state index in [1.54, 1.807) is 6.92 Å². The van der Waals surface area contributed by atoms with E-state index >= 15 is 0 Å². The molecule has 5 heteroatoms. The summed E-state index contributed by atoms with van der Waals surface area (Å²) in [5, 5.41) is 15.3. The van der Waals surface area contributed by atoms with E-state index in [4.69, 9.17) is 4.74 Å². The van der Waals surface area contributed by atoms with Crippen LogP contribution in [0.5, 0.6) is 0 Å². The molecule has 3 N–H and O–H groups in total. The third-order valence-corrected chi connectivity index (χ3v) is 3.38. The Morgan fingerprint density at radius 3 is 2.79 bits per heavy atom. The van der Waals surface area contributed by atoms with E-state index in [0.717, 1.165) is 12.0 Å². The van der Waals surface area contributed by atoms with Gasteiger partial charge in [-0.3, -0.25) is 0 Å². The highest BCUT2D eigenvalue weighted by Crippen LogP contribution is 2.19. The van der Waals surface area contributed by atoms with Crippen molar-refractivity contribution in [1.82, 2.24) is 10.6 Å². The van der Waals surface area contributed by atoms with Gasteiger partial charge in [-0.15, -0.1) is 0 Å². The van der Waals surface area contributed by atoms with Crippen molar-refractivity contribution in [2.75, 3.05) is 19.8 Å². The Bertz CT molecular complexity index is 418. The molecule has 0 spiro atoms. The molecule has 2 atom stereocenters. The summed E-state index contributed by atoms with van der Waals surface area (Å²) < 4.78 is 5.21. The molecule has 2 amide bonds. The van der Waals surface area contributed by atoms with Crippen molar-refractivity contribution in [1.29, 1.82) is 0 Å². The number of hydrogen-bond acceptors (Lipinski definition) is 3. The Balaban J connectivity index is 1.99. The van der Waals surface area contributed by atoms with Crippen LogP contribution in [0.15, 0.2) is 30.3 Å². The summed E-state index contributed by atoms with van der Waals surface area (Å²) in [6, 6.07) is 9.21. The SMILES string of the molecule is CC(CO)(NC(=O)NC1CCOC1)c1ccccc1. The van der Waals surface area contributed by atoms with Crippen molar-refractivity contribution in [3.63, 3.8) is 0 Å². The minimum Gasteiger partial charge on any atom is -0.394 e. The number of rotatable bonds is 4. The summed E-state index contributed by atoms with van der Waals surface area (Å²) in [7, 11) is 0. The third kappa shape index (κ3) is 3.45. The van der Waals surface area contributed by atoms with E-state index < -0.39 is 5.54 Å². The molecule has 0 aromatic heterocycles. The van der Waals surface area contributed by atoms with E-state index in [0.29, 0.717) is 13.2 Å². The standard InChI is InChI=1S/C14H20N2O3/c1-14(10-17,11-5-3-2-4-6-11)16-13(18)15-12-7-8-19-9-12/h2-6,12,17H,7-10H2,1H3,(H2,15,16,18). The molecule has 1 aromatic rings. The second kappa shape index (κ2) is 6.04. The number of nitrogens with one attached hydrogen (secondary N) is 2. The molecule has 1 aliphatic rings. The fourth-order valence-electron chi connectivity index (χ4n) is 2.13. The van der Waals surface area contributed by atoms with Crippen LogP contribution in [0.2, 0.25) is 0 Å². The monoisotopic (exact) mass is 264 g/mol. The van der Waals surface area contributed by atoms with Gasteiger partial charge in [0.1, 0.15) is 0 Å². The maximum atomic E-state index is 12.0. The largest absolute Gasteiger partial charge is 0.394 e. The van der Waals surface area contributed by atoms with Gasteiger partial charge in [0.25, 0.3) is 0 Å². The van der Waals surface area contributed by atoms with Gasteiger partial charge < -0.3 is 20.5 Å². The number of amides is 2. The minimum absolute atomic E-state index is 0.0544. The van der Waals surface area contributed by atoms with Crippen molar-refractivity contribution in [2.24, 2.45) is 0 Å². The maximum absolute atomic E-state index is 12.0. The van der Waals surface area contributed by atoms with Crippen LogP contribution in [0.3, 0.4) is 0 Å². The van der Waals surface area contributed by atoms with Gasteiger partial charge in [-0.05, 0) is 18.9 Å². The molecular formula is C14H20N2O3. The zero-order valence-corrected chi connectivity index (χ0v) is 11.1. The van der Waals surface area contributed by atoms with E-state index in [-0.39, 0.29) is 18.7 Å².